The molecule has 1 amide bonds. The van der Waals surface area contributed by atoms with Crippen molar-refractivity contribution in [2.45, 2.75) is 47.2 Å². The van der Waals surface area contributed by atoms with Crippen LogP contribution < -0.4 is 10.9 Å². The zero-order valence-electron chi connectivity index (χ0n) is 15.1. The third-order valence-corrected chi connectivity index (χ3v) is 4.26. The number of nitrogens with one attached hydrogen (secondary N) is 1. The molecule has 0 unspecified atom stereocenters. The molecule has 24 heavy (non-hydrogen) atoms. The van der Waals surface area contributed by atoms with Crippen LogP contribution >= 0.6 is 0 Å². The van der Waals surface area contributed by atoms with Crippen LogP contribution in [0.1, 0.15) is 42.4 Å². The molecule has 0 saturated carbocycles. The van der Waals surface area contributed by atoms with Crippen molar-refractivity contribution in [1.29, 1.82) is 0 Å². The molecule has 0 bridgehead atoms. The van der Waals surface area contributed by atoms with E-state index < -0.39 is 0 Å². The molecule has 0 aliphatic rings. The maximum absolute atomic E-state index is 12.8. The molecular formula is C17H25N5O2. The number of nitrogens with zero attached hydrogens (tertiary/aromatic N) is 4. The summed E-state index contributed by atoms with van der Waals surface area (Å²) in [4.78, 5) is 29.2. The number of rotatable bonds is 4. The summed E-state index contributed by atoms with van der Waals surface area (Å²) < 4.78 is 3.12. The highest BCUT2D eigenvalue weighted by molar-refractivity contribution is 5.95. The summed E-state index contributed by atoms with van der Waals surface area (Å²) >= 11 is 0. The molecule has 0 spiro atoms. The summed E-state index contributed by atoms with van der Waals surface area (Å²) in [6.07, 6.45) is 5.27. The quantitative estimate of drug-likeness (QED) is 0.919. The smallest absolute Gasteiger partial charge is 0.279 e. The van der Waals surface area contributed by atoms with Crippen LogP contribution in [0.4, 0.5) is 0 Å². The molecule has 0 radical (unpaired) electrons. The lowest BCUT2D eigenvalue weighted by molar-refractivity contribution is 0.0889. The van der Waals surface area contributed by atoms with Gasteiger partial charge in [0.15, 0.2) is 0 Å². The summed E-state index contributed by atoms with van der Waals surface area (Å²) in [5.41, 5.74) is 0.882. The zero-order chi connectivity index (χ0) is 18.1. The van der Waals surface area contributed by atoms with Crippen molar-refractivity contribution in [3.63, 3.8) is 0 Å². The lowest BCUT2D eigenvalue weighted by atomic mass is 9.86. The fraction of sp³-hybridized carbons (Fsp3) is 0.529. The zero-order valence-corrected chi connectivity index (χ0v) is 15.1. The fourth-order valence-corrected chi connectivity index (χ4v) is 2.49. The molecule has 7 nitrogen and oxygen atoms in total. The molecule has 0 aromatic carbocycles. The van der Waals surface area contributed by atoms with Gasteiger partial charge in [0.2, 0.25) is 0 Å². The number of hydrogen-bond acceptors (Lipinski definition) is 4. The first-order valence-corrected chi connectivity index (χ1v) is 7.92. The Kier molecular flexibility index (Phi) is 4.91. The van der Waals surface area contributed by atoms with Crippen LogP contribution in [0.5, 0.6) is 0 Å². The van der Waals surface area contributed by atoms with Crippen molar-refractivity contribution in [2.24, 2.45) is 12.5 Å². The maximum Gasteiger partial charge on any atom is 0.279 e. The predicted molar refractivity (Wildman–Crippen MR) is 91.9 cm³/mol. The van der Waals surface area contributed by atoms with Crippen molar-refractivity contribution in [2.75, 3.05) is 0 Å². The average molecular weight is 331 g/mol. The van der Waals surface area contributed by atoms with E-state index in [1.54, 1.807) is 33.4 Å². The summed E-state index contributed by atoms with van der Waals surface area (Å²) in [7, 11) is 1.55. The fourth-order valence-electron chi connectivity index (χ4n) is 2.49. The molecule has 7 heteroatoms. The Morgan fingerprint density at radius 1 is 1.33 bits per heavy atom. The standard InChI is InChI=1S/C17H25N5O2/c1-11-12(2)20-21(6)16(24)14(11)15(23)19-13(17(3,4)5)9-22-8-7-18-10-22/h7-8,10,13H,9H2,1-6H3,(H,19,23)/t13-/m1/s1. The van der Waals surface area contributed by atoms with Gasteiger partial charge in [0, 0.05) is 26.0 Å². The summed E-state index contributed by atoms with van der Waals surface area (Å²) in [5, 5.41) is 7.14. The van der Waals surface area contributed by atoms with Crippen molar-refractivity contribution < 1.29 is 4.79 Å². The Hall–Kier alpha value is -2.44. The lowest BCUT2D eigenvalue weighted by Crippen LogP contribution is -2.48. The Balaban J connectivity index is 2.34. The second-order valence-electron chi connectivity index (χ2n) is 7.17. The van der Waals surface area contributed by atoms with E-state index in [1.165, 1.54) is 4.68 Å². The van der Waals surface area contributed by atoms with Gasteiger partial charge in [-0.25, -0.2) is 9.67 Å². The number of hydrogen-bond donors (Lipinski definition) is 1. The third kappa shape index (κ3) is 3.72. The van der Waals surface area contributed by atoms with Crippen LogP contribution in [-0.4, -0.2) is 31.3 Å². The van der Waals surface area contributed by atoms with E-state index in [4.69, 9.17) is 0 Å². The number of aryl methyl sites for hydroxylation is 2. The van der Waals surface area contributed by atoms with Gasteiger partial charge in [0.1, 0.15) is 5.56 Å². The summed E-state index contributed by atoms with van der Waals surface area (Å²) in [6.45, 7) is 10.3. The molecule has 2 heterocycles. The first kappa shape index (κ1) is 17.9. The molecule has 0 saturated heterocycles. The largest absolute Gasteiger partial charge is 0.347 e. The second kappa shape index (κ2) is 6.59. The van der Waals surface area contributed by atoms with Gasteiger partial charge in [0.05, 0.1) is 18.1 Å². The minimum Gasteiger partial charge on any atom is -0.347 e. The van der Waals surface area contributed by atoms with Gasteiger partial charge < -0.3 is 9.88 Å². The van der Waals surface area contributed by atoms with Gasteiger partial charge in [-0.3, -0.25) is 9.59 Å². The first-order valence-electron chi connectivity index (χ1n) is 7.92. The van der Waals surface area contributed by atoms with E-state index in [0.717, 1.165) is 0 Å². The Morgan fingerprint density at radius 3 is 2.54 bits per heavy atom. The van der Waals surface area contributed by atoms with Gasteiger partial charge in [-0.15, -0.1) is 0 Å². The van der Waals surface area contributed by atoms with Crippen molar-refractivity contribution in [3.05, 3.63) is 45.9 Å². The minimum absolute atomic E-state index is 0.156. The number of aromatic nitrogens is 4. The maximum atomic E-state index is 12.8. The molecule has 2 aromatic heterocycles. The van der Waals surface area contributed by atoms with Crippen LogP contribution in [0.15, 0.2) is 23.5 Å². The SMILES string of the molecule is Cc1nn(C)c(=O)c(C(=O)N[C@H](Cn2ccnc2)C(C)(C)C)c1C. The highest BCUT2D eigenvalue weighted by Gasteiger charge is 2.29. The molecule has 0 fully saturated rings. The van der Waals surface area contributed by atoms with Crippen molar-refractivity contribution in [3.8, 4) is 0 Å². The first-order chi connectivity index (χ1) is 11.1. The van der Waals surface area contributed by atoms with Crippen LogP contribution in [-0.2, 0) is 13.6 Å². The van der Waals surface area contributed by atoms with Crippen molar-refractivity contribution >= 4 is 5.91 Å². The van der Waals surface area contributed by atoms with Gasteiger partial charge >= 0.3 is 0 Å². The van der Waals surface area contributed by atoms with Crippen LogP contribution in [0.2, 0.25) is 0 Å². The topological polar surface area (TPSA) is 81.8 Å². The number of carbonyl (C=O) groups is 1. The molecular weight excluding hydrogens is 306 g/mol. The van der Waals surface area contributed by atoms with Gasteiger partial charge in [-0.05, 0) is 24.8 Å². The number of imidazole rings is 1. The molecule has 130 valence electrons. The minimum atomic E-state index is -0.383. The molecule has 0 aliphatic heterocycles. The molecule has 1 N–H and O–H groups in total. The second-order valence-corrected chi connectivity index (χ2v) is 7.17. The van der Waals surface area contributed by atoms with E-state index in [-0.39, 0.29) is 28.5 Å². The van der Waals surface area contributed by atoms with E-state index in [9.17, 15) is 9.59 Å². The normalized spacial score (nSPS) is 12.9. The number of carbonyl (C=O) groups excluding carboxylic acids is 1. The highest BCUT2D eigenvalue weighted by atomic mass is 16.2. The Morgan fingerprint density at radius 2 is 2.00 bits per heavy atom. The van der Waals surface area contributed by atoms with Gasteiger partial charge in [-0.2, -0.15) is 5.10 Å². The monoisotopic (exact) mass is 331 g/mol. The molecule has 1 atom stereocenters. The van der Waals surface area contributed by atoms with E-state index in [0.29, 0.717) is 17.8 Å². The lowest BCUT2D eigenvalue weighted by Gasteiger charge is -2.32. The summed E-state index contributed by atoms with van der Waals surface area (Å²) in [5.74, 6) is -0.362. The number of amides is 1. The van der Waals surface area contributed by atoms with Crippen LogP contribution in [0.3, 0.4) is 0 Å². The van der Waals surface area contributed by atoms with Crippen LogP contribution in [0, 0.1) is 19.3 Å². The van der Waals surface area contributed by atoms with E-state index >= 15 is 0 Å². The highest BCUT2D eigenvalue weighted by Crippen LogP contribution is 2.21. The average Bonchev–Trinajstić information content (AvgIpc) is 2.97. The third-order valence-electron chi connectivity index (χ3n) is 4.26. The van der Waals surface area contributed by atoms with Gasteiger partial charge in [0.25, 0.3) is 11.5 Å². The van der Waals surface area contributed by atoms with Crippen LogP contribution in [0.25, 0.3) is 0 Å². The Bertz CT molecular complexity index is 785. The van der Waals surface area contributed by atoms with E-state index in [2.05, 4.69) is 36.2 Å². The molecule has 2 aromatic rings. The van der Waals surface area contributed by atoms with Gasteiger partial charge in [-0.1, -0.05) is 20.8 Å². The Labute approximate surface area is 141 Å². The van der Waals surface area contributed by atoms with E-state index in [1.807, 2.05) is 10.8 Å². The predicted octanol–water partition coefficient (Wildman–Crippen LogP) is 1.44. The van der Waals surface area contributed by atoms with Crippen molar-refractivity contribution in [1.82, 2.24) is 24.6 Å². The molecule has 0 aliphatic carbocycles. The molecule has 2 rings (SSSR count). The summed E-state index contributed by atoms with van der Waals surface area (Å²) in [6, 6.07) is -0.156.